The van der Waals surface area contributed by atoms with E-state index in [2.05, 4.69) is 5.32 Å². The van der Waals surface area contributed by atoms with Gasteiger partial charge < -0.3 is 19.9 Å². The summed E-state index contributed by atoms with van der Waals surface area (Å²) in [5, 5.41) is 11.9. The van der Waals surface area contributed by atoms with Gasteiger partial charge in [0.2, 0.25) is 6.10 Å². The second kappa shape index (κ2) is 5.93. The van der Waals surface area contributed by atoms with Gasteiger partial charge in [0, 0.05) is 12.6 Å². The summed E-state index contributed by atoms with van der Waals surface area (Å²) in [4.78, 5) is 12.0. The Labute approximate surface area is 112 Å². The molecule has 3 atom stereocenters. The first-order chi connectivity index (χ1) is 9.11. The van der Waals surface area contributed by atoms with Gasteiger partial charge in [0.05, 0.1) is 0 Å². The van der Waals surface area contributed by atoms with Crippen LogP contribution in [0.2, 0.25) is 0 Å². The third-order valence-corrected chi connectivity index (χ3v) is 3.31. The minimum atomic E-state index is -0.650. The van der Waals surface area contributed by atoms with E-state index in [4.69, 9.17) is 14.6 Å². The highest BCUT2D eigenvalue weighted by atomic mass is 16.6. The summed E-state index contributed by atoms with van der Waals surface area (Å²) in [6.45, 7) is 3.96. The number of rotatable bonds is 4. The molecule has 5 nitrogen and oxygen atoms in total. The average molecular weight is 265 g/mol. The summed E-state index contributed by atoms with van der Waals surface area (Å²) in [5.74, 6) is 1.02. The maximum atomic E-state index is 12.0. The molecule has 0 aliphatic carbocycles. The van der Waals surface area contributed by atoms with Crippen LogP contribution in [0.25, 0.3) is 0 Å². The van der Waals surface area contributed by atoms with Crippen LogP contribution >= 0.6 is 0 Å². The number of benzene rings is 1. The number of para-hydroxylation sites is 2. The van der Waals surface area contributed by atoms with E-state index in [1.807, 2.05) is 26.0 Å². The Kier molecular flexibility index (Phi) is 4.27. The molecular formula is C14H19NO4. The average Bonchev–Trinajstić information content (AvgIpc) is 2.45. The number of aliphatic hydroxyl groups is 1. The number of carbonyl (C=O) groups excluding carboxylic acids is 1. The number of hydrogen-bond acceptors (Lipinski definition) is 4. The van der Waals surface area contributed by atoms with Gasteiger partial charge in [-0.15, -0.1) is 0 Å². The summed E-state index contributed by atoms with van der Waals surface area (Å²) in [5.41, 5.74) is 0. The molecule has 5 heteroatoms. The Bertz CT molecular complexity index is 449. The Morgan fingerprint density at radius 2 is 2.11 bits per heavy atom. The van der Waals surface area contributed by atoms with E-state index in [0.717, 1.165) is 0 Å². The van der Waals surface area contributed by atoms with Crippen LogP contribution in [-0.2, 0) is 4.79 Å². The van der Waals surface area contributed by atoms with Crippen LogP contribution < -0.4 is 14.8 Å². The largest absolute Gasteiger partial charge is 0.485 e. The van der Waals surface area contributed by atoms with Crippen LogP contribution in [0.5, 0.6) is 11.5 Å². The van der Waals surface area contributed by atoms with E-state index in [1.54, 1.807) is 12.1 Å². The van der Waals surface area contributed by atoms with Crippen molar-refractivity contribution in [2.45, 2.75) is 26.0 Å². The van der Waals surface area contributed by atoms with Gasteiger partial charge in [0.15, 0.2) is 11.5 Å². The second-order valence-corrected chi connectivity index (χ2v) is 4.82. The van der Waals surface area contributed by atoms with Crippen molar-refractivity contribution >= 4 is 5.91 Å². The van der Waals surface area contributed by atoms with Crippen LogP contribution in [0, 0.1) is 5.92 Å². The fourth-order valence-corrected chi connectivity index (χ4v) is 1.77. The normalized spacial score (nSPS) is 20.5. The number of carbonyl (C=O) groups is 1. The highest BCUT2D eigenvalue weighted by Gasteiger charge is 2.28. The highest BCUT2D eigenvalue weighted by molar-refractivity contribution is 5.82. The summed E-state index contributed by atoms with van der Waals surface area (Å²) in [7, 11) is 0. The van der Waals surface area contributed by atoms with Gasteiger partial charge in [-0.05, 0) is 25.0 Å². The lowest BCUT2D eigenvalue weighted by atomic mass is 10.0. The predicted molar refractivity (Wildman–Crippen MR) is 70.2 cm³/mol. The third kappa shape index (κ3) is 3.17. The maximum absolute atomic E-state index is 12.0. The molecule has 3 unspecified atom stereocenters. The standard InChI is InChI=1S/C14H19NO4/c1-9(7-16)10(2)15-14(17)13-8-18-11-5-3-4-6-12(11)19-13/h3-6,9-10,13,16H,7-8H2,1-2H3,(H,15,17). The van der Waals surface area contributed by atoms with Crippen LogP contribution in [0.3, 0.4) is 0 Å². The van der Waals surface area contributed by atoms with Crippen molar-refractivity contribution in [2.24, 2.45) is 5.92 Å². The monoisotopic (exact) mass is 265 g/mol. The smallest absolute Gasteiger partial charge is 0.264 e. The minimum Gasteiger partial charge on any atom is -0.485 e. The minimum absolute atomic E-state index is 0.000690. The summed E-state index contributed by atoms with van der Waals surface area (Å²) in [6, 6.07) is 7.15. The number of aliphatic hydroxyl groups excluding tert-OH is 1. The molecule has 2 N–H and O–H groups in total. The number of fused-ring (bicyclic) bond motifs is 1. The van der Waals surface area contributed by atoms with Crippen molar-refractivity contribution in [1.29, 1.82) is 0 Å². The molecule has 1 aliphatic rings. The predicted octanol–water partition coefficient (Wildman–Crippen LogP) is 0.959. The van der Waals surface area contributed by atoms with E-state index in [-0.39, 0.29) is 31.1 Å². The molecule has 104 valence electrons. The van der Waals surface area contributed by atoms with Crippen molar-refractivity contribution in [2.75, 3.05) is 13.2 Å². The van der Waals surface area contributed by atoms with E-state index >= 15 is 0 Å². The molecule has 1 heterocycles. The van der Waals surface area contributed by atoms with Gasteiger partial charge in [0.25, 0.3) is 5.91 Å². The van der Waals surface area contributed by atoms with Gasteiger partial charge in [-0.1, -0.05) is 19.1 Å². The Morgan fingerprint density at radius 1 is 1.42 bits per heavy atom. The zero-order chi connectivity index (χ0) is 13.8. The Hall–Kier alpha value is -1.75. The molecule has 0 saturated heterocycles. The van der Waals surface area contributed by atoms with Gasteiger partial charge in [0.1, 0.15) is 6.61 Å². The van der Waals surface area contributed by atoms with E-state index in [9.17, 15) is 4.79 Å². The quantitative estimate of drug-likeness (QED) is 0.851. The Morgan fingerprint density at radius 3 is 2.79 bits per heavy atom. The molecule has 0 saturated carbocycles. The van der Waals surface area contributed by atoms with Crippen molar-refractivity contribution in [3.8, 4) is 11.5 Å². The molecule has 1 aliphatic heterocycles. The lowest BCUT2D eigenvalue weighted by molar-refractivity contribution is -0.131. The molecule has 1 aromatic rings. The molecule has 0 spiro atoms. The second-order valence-electron chi connectivity index (χ2n) is 4.82. The Balaban J connectivity index is 1.95. The first-order valence-electron chi connectivity index (χ1n) is 6.41. The molecule has 0 radical (unpaired) electrons. The highest BCUT2D eigenvalue weighted by Crippen LogP contribution is 2.30. The molecular weight excluding hydrogens is 246 g/mol. The van der Waals surface area contributed by atoms with Gasteiger partial charge >= 0.3 is 0 Å². The molecule has 0 aromatic heterocycles. The SMILES string of the molecule is CC(CO)C(C)NC(=O)C1COc2ccccc2O1. The van der Waals surface area contributed by atoms with E-state index in [1.165, 1.54) is 0 Å². The number of amides is 1. The molecule has 0 bridgehead atoms. The lowest BCUT2D eigenvalue weighted by Crippen LogP contribution is -2.48. The number of hydrogen-bond donors (Lipinski definition) is 2. The summed E-state index contributed by atoms with van der Waals surface area (Å²) >= 11 is 0. The van der Waals surface area contributed by atoms with Crippen LogP contribution in [0.4, 0.5) is 0 Å². The van der Waals surface area contributed by atoms with Crippen molar-refractivity contribution in [3.05, 3.63) is 24.3 Å². The van der Waals surface area contributed by atoms with Gasteiger partial charge in [-0.2, -0.15) is 0 Å². The van der Waals surface area contributed by atoms with Crippen LogP contribution in [0.1, 0.15) is 13.8 Å². The number of nitrogens with one attached hydrogen (secondary N) is 1. The summed E-state index contributed by atoms with van der Waals surface area (Å²) < 4.78 is 11.1. The topological polar surface area (TPSA) is 67.8 Å². The van der Waals surface area contributed by atoms with Gasteiger partial charge in [-0.3, -0.25) is 4.79 Å². The van der Waals surface area contributed by atoms with Crippen LogP contribution in [-0.4, -0.2) is 36.4 Å². The first-order valence-corrected chi connectivity index (χ1v) is 6.41. The summed E-state index contributed by atoms with van der Waals surface area (Å²) in [6.07, 6.45) is -0.650. The fourth-order valence-electron chi connectivity index (χ4n) is 1.77. The molecule has 19 heavy (non-hydrogen) atoms. The third-order valence-electron chi connectivity index (χ3n) is 3.31. The van der Waals surface area contributed by atoms with Crippen LogP contribution in [0.15, 0.2) is 24.3 Å². The molecule has 2 rings (SSSR count). The lowest BCUT2D eigenvalue weighted by Gasteiger charge is -2.27. The zero-order valence-corrected chi connectivity index (χ0v) is 11.1. The fraction of sp³-hybridized carbons (Fsp3) is 0.500. The number of ether oxygens (including phenoxy) is 2. The zero-order valence-electron chi connectivity index (χ0n) is 11.1. The molecule has 0 fully saturated rings. The van der Waals surface area contributed by atoms with E-state index < -0.39 is 6.10 Å². The molecule has 1 aromatic carbocycles. The maximum Gasteiger partial charge on any atom is 0.264 e. The van der Waals surface area contributed by atoms with Crippen molar-refractivity contribution < 1.29 is 19.4 Å². The van der Waals surface area contributed by atoms with E-state index in [0.29, 0.717) is 11.5 Å². The van der Waals surface area contributed by atoms with Crippen molar-refractivity contribution in [3.63, 3.8) is 0 Å². The molecule has 1 amide bonds. The van der Waals surface area contributed by atoms with Crippen molar-refractivity contribution in [1.82, 2.24) is 5.32 Å². The van der Waals surface area contributed by atoms with Gasteiger partial charge in [-0.25, -0.2) is 0 Å². The first kappa shape index (κ1) is 13.7.